The van der Waals surface area contributed by atoms with Crippen molar-refractivity contribution in [2.24, 2.45) is 9.98 Å². The van der Waals surface area contributed by atoms with Crippen molar-refractivity contribution < 1.29 is 19.1 Å². The van der Waals surface area contributed by atoms with Gasteiger partial charge in [-0.1, -0.05) is 72.6 Å². The van der Waals surface area contributed by atoms with Gasteiger partial charge >= 0.3 is 0 Å². The Labute approximate surface area is 294 Å². The number of nitrogens with zero attached hydrogens (tertiary/aromatic N) is 3. The molecule has 0 radical (unpaired) electrons. The summed E-state index contributed by atoms with van der Waals surface area (Å²) in [6, 6.07) is 3.78. The second-order valence-electron chi connectivity index (χ2n) is 11.4. The first-order valence-electron chi connectivity index (χ1n) is 16.6. The minimum absolute atomic E-state index is 0.0397. The highest BCUT2D eigenvalue weighted by atomic mass is 79.9. The summed E-state index contributed by atoms with van der Waals surface area (Å²) < 4.78 is 5.52. The van der Waals surface area contributed by atoms with Gasteiger partial charge in [0.2, 0.25) is 11.8 Å². The predicted octanol–water partition coefficient (Wildman–Crippen LogP) is 5.65. The van der Waals surface area contributed by atoms with Crippen LogP contribution in [0.1, 0.15) is 78.7 Å². The molecule has 3 N–H and O–H groups in total. The highest BCUT2D eigenvalue weighted by molar-refractivity contribution is 9.09. The van der Waals surface area contributed by atoms with Crippen molar-refractivity contribution in [2.45, 2.75) is 84.1 Å². The van der Waals surface area contributed by atoms with Crippen LogP contribution in [-0.4, -0.2) is 78.3 Å². The lowest BCUT2D eigenvalue weighted by Gasteiger charge is -2.37. The summed E-state index contributed by atoms with van der Waals surface area (Å²) in [4.78, 5) is 52.1. The fraction of sp³-hybridized carbons (Fsp3) is 0.514. The number of nitrogens with one attached hydrogen (secondary N) is 3. The van der Waals surface area contributed by atoms with Crippen molar-refractivity contribution in [2.75, 3.05) is 44.0 Å². The van der Waals surface area contributed by atoms with E-state index < -0.39 is 11.0 Å². The van der Waals surface area contributed by atoms with Gasteiger partial charge in [0.15, 0.2) is 5.78 Å². The lowest BCUT2D eigenvalue weighted by atomic mass is 9.80. The van der Waals surface area contributed by atoms with Gasteiger partial charge in [-0.15, -0.1) is 12.3 Å². The molecule has 48 heavy (non-hydrogen) atoms. The molecule has 1 aromatic rings. The smallest absolute Gasteiger partial charge is 0.241 e. The summed E-state index contributed by atoms with van der Waals surface area (Å²) in [6.07, 6.45) is 17.7. The van der Waals surface area contributed by atoms with Crippen LogP contribution in [0.2, 0.25) is 0 Å². The number of ether oxygens (including phenoxy) is 1. The number of aliphatic imine (C=N–C) groups is 2. The van der Waals surface area contributed by atoms with E-state index in [0.29, 0.717) is 57.0 Å². The molecule has 3 heterocycles. The lowest BCUT2D eigenvalue weighted by molar-refractivity contribution is -0.126. The van der Waals surface area contributed by atoms with E-state index in [1.165, 1.54) is 0 Å². The number of terminal acetylenes is 1. The molecular weight excluding hydrogens is 672 g/mol. The summed E-state index contributed by atoms with van der Waals surface area (Å²) in [6.45, 7) is 10.5. The number of rotatable bonds is 11. The van der Waals surface area contributed by atoms with Gasteiger partial charge in [-0.3, -0.25) is 24.4 Å². The topological polar surface area (TPSA) is 134 Å². The Hall–Kier alpha value is -3.88. The van der Waals surface area contributed by atoms with Crippen molar-refractivity contribution in [1.82, 2.24) is 15.6 Å². The molecule has 0 bridgehead atoms. The number of amidine groups is 1. The molecule has 1 saturated carbocycles. The number of allylic oxidation sites excluding steroid dienone is 4. The first-order valence-corrected chi connectivity index (χ1v) is 17.7. The van der Waals surface area contributed by atoms with Gasteiger partial charge in [0.1, 0.15) is 23.7 Å². The third kappa shape index (κ3) is 10.6. The van der Waals surface area contributed by atoms with E-state index >= 15 is 0 Å². The summed E-state index contributed by atoms with van der Waals surface area (Å²) in [5.41, 5.74) is 2.34. The monoisotopic (exact) mass is 722 g/mol. The molecule has 11 heteroatoms. The van der Waals surface area contributed by atoms with Crippen LogP contribution in [0.3, 0.4) is 0 Å². The fourth-order valence-corrected chi connectivity index (χ4v) is 6.09. The largest absolute Gasteiger partial charge is 0.381 e. The van der Waals surface area contributed by atoms with Crippen molar-refractivity contribution in [3.8, 4) is 12.3 Å². The first-order chi connectivity index (χ1) is 23.2. The quantitative estimate of drug-likeness (QED) is 0.0889. The Morgan fingerprint density at radius 3 is 2.58 bits per heavy atom. The number of alkyl halides is 1. The molecule has 260 valence electrons. The number of halogens is 1. The van der Waals surface area contributed by atoms with E-state index in [2.05, 4.69) is 72.2 Å². The van der Waals surface area contributed by atoms with Gasteiger partial charge in [0.25, 0.3) is 0 Å². The Morgan fingerprint density at radius 2 is 1.96 bits per heavy atom. The Balaban J connectivity index is 0.00000151. The number of aromatic nitrogens is 1. The average Bonchev–Trinajstić information content (AvgIpc) is 3.61. The average molecular weight is 724 g/mol. The zero-order valence-corrected chi connectivity index (χ0v) is 30.8. The third-order valence-corrected chi connectivity index (χ3v) is 8.84. The third-order valence-electron chi connectivity index (χ3n) is 8.46. The zero-order valence-electron chi connectivity index (χ0n) is 29.2. The van der Waals surface area contributed by atoms with Crippen LogP contribution in [-0.2, 0) is 24.5 Å². The normalized spacial score (nSPS) is 21.5. The molecule has 0 unspecified atom stereocenters. The second-order valence-corrected chi connectivity index (χ2v) is 12.0. The molecule has 1 aromatic heterocycles. The van der Waals surface area contributed by atoms with Crippen LogP contribution in [0.15, 0.2) is 63.8 Å². The van der Waals surface area contributed by atoms with E-state index in [1.54, 1.807) is 27.1 Å². The molecule has 0 aromatic carbocycles. The molecule has 2 amide bonds. The van der Waals surface area contributed by atoms with Crippen LogP contribution in [0.25, 0.3) is 0 Å². The molecular formula is C37H51BrN6O4. The predicted molar refractivity (Wildman–Crippen MR) is 199 cm³/mol. The maximum absolute atomic E-state index is 13.0. The maximum atomic E-state index is 13.0. The molecule has 1 atom stereocenters. The van der Waals surface area contributed by atoms with E-state index in [9.17, 15) is 14.4 Å². The molecule has 4 rings (SSSR count). The van der Waals surface area contributed by atoms with Crippen LogP contribution in [0.5, 0.6) is 0 Å². The van der Waals surface area contributed by atoms with Gasteiger partial charge in [-0.05, 0) is 38.3 Å². The molecule has 1 saturated heterocycles. The molecule has 2 fully saturated rings. The summed E-state index contributed by atoms with van der Waals surface area (Å²) in [7, 11) is 1.72. The molecule has 1 spiro atoms. The lowest BCUT2D eigenvalue weighted by Crippen LogP contribution is -2.56. The van der Waals surface area contributed by atoms with Crippen LogP contribution >= 0.6 is 15.9 Å². The zero-order chi connectivity index (χ0) is 35.6. The number of hydrogen-bond acceptors (Lipinski definition) is 7. The van der Waals surface area contributed by atoms with Crippen molar-refractivity contribution >= 4 is 50.9 Å². The Kier molecular flexibility index (Phi) is 17.2. The summed E-state index contributed by atoms with van der Waals surface area (Å²) in [5, 5.41) is 10.0. The van der Waals surface area contributed by atoms with Crippen LogP contribution in [0, 0.1) is 12.3 Å². The number of amides is 2. The van der Waals surface area contributed by atoms with Gasteiger partial charge < -0.3 is 20.7 Å². The number of pyridine rings is 1. The van der Waals surface area contributed by atoms with E-state index in [4.69, 9.17) is 4.74 Å². The number of hydrogen-bond donors (Lipinski definition) is 3. The first kappa shape index (κ1) is 40.3. The summed E-state index contributed by atoms with van der Waals surface area (Å²) in [5.74, 6) is 3.20. The molecule has 10 nitrogen and oxygen atoms in total. The Bertz CT molecular complexity index is 1470. The summed E-state index contributed by atoms with van der Waals surface area (Å²) >= 11 is 3.40. The minimum atomic E-state index is -0.752. The standard InChI is InChI=1S/C32H41BrN6O4.C3H4.C2H6/c1-4-23(8-5-6-13-33)18-27(39-32(22(2)40)11-16-43-17-12-32)37-21-28(41)35-15-10-24-19-31(20-26(24)34-3)25-9-7-14-36-29(25)38-30(31)42;1-3-2;1-2/h5-10,14H,4,11-13,15-21H2,1-3H3,(H,35,41)(H,37,39)(H,36,38,42);1H,2H3;1-2H3/b6-5-,23-8-,24-10-,34-26?;;/t31-;;/m0../s1. The number of carbonyl (C=O) groups is 3. The highest BCUT2D eigenvalue weighted by Crippen LogP contribution is 2.48. The van der Waals surface area contributed by atoms with E-state index in [0.717, 1.165) is 34.2 Å². The number of Topliss-reactive ketones (excluding diaryl/α,β-unsaturated/α-hetero) is 1. The molecule has 2 aliphatic heterocycles. The fourth-order valence-electron chi connectivity index (χ4n) is 5.88. The van der Waals surface area contributed by atoms with Crippen molar-refractivity contribution in [3.63, 3.8) is 0 Å². The van der Waals surface area contributed by atoms with E-state index in [1.807, 2.05) is 44.2 Å². The minimum Gasteiger partial charge on any atom is -0.381 e. The number of anilines is 1. The van der Waals surface area contributed by atoms with Crippen LogP contribution < -0.4 is 16.0 Å². The second kappa shape index (κ2) is 20.5. The number of ketones is 1. The SMILES string of the molecule is C#CC.CC.CC/C(=C/C=C\CBr)CC(=NCC(=O)NC/C=C1/C[C@@]2(CC1=NC)C(=O)Nc1ncccc12)NC1(C(C)=O)CCOCC1. The van der Waals surface area contributed by atoms with Crippen LogP contribution in [0.4, 0.5) is 5.82 Å². The molecule has 3 aliphatic rings. The molecule has 1 aliphatic carbocycles. The van der Waals surface area contributed by atoms with Crippen molar-refractivity contribution in [1.29, 1.82) is 0 Å². The number of fused-ring (bicyclic) bond motifs is 2. The van der Waals surface area contributed by atoms with E-state index in [-0.39, 0.29) is 30.7 Å². The van der Waals surface area contributed by atoms with Crippen molar-refractivity contribution in [3.05, 3.63) is 59.3 Å². The van der Waals surface area contributed by atoms with Gasteiger partial charge in [-0.2, -0.15) is 0 Å². The van der Waals surface area contributed by atoms with Gasteiger partial charge in [0.05, 0.1) is 5.41 Å². The van der Waals surface area contributed by atoms with Gasteiger partial charge in [-0.25, -0.2) is 4.98 Å². The van der Waals surface area contributed by atoms with Gasteiger partial charge in [0, 0.05) is 75.3 Å². The Morgan fingerprint density at radius 1 is 1.25 bits per heavy atom. The maximum Gasteiger partial charge on any atom is 0.241 e. The highest BCUT2D eigenvalue weighted by Gasteiger charge is 2.52. The number of carbonyl (C=O) groups excluding carboxylic acids is 3.